The second kappa shape index (κ2) is 32.7. The molecule has 14 heteroatoms. The van der Waals surface area contributed by atoms with Crippen molar-refractivity contribution in [2.24, 2.45) is 0 Å². The van der Waals surface area contributed by atoms with Gasteiger partial charge in [0.25, 0.3) is 0 Å². The summed E-state index contributed by atoms with van der Waals surface area (Å²) in [6, 6.07) is 12.7. The van der Waals surface area contributed by atoms with Crippen LogP contribution in [-0.4, -0.2) is 152 Å². The van der Waals surface area contributed by atoms with E-state index >= 15 is 0 Å². The fraction of sp³-hybridized carbons (Fsp3) is 0.622. The number of esters is 2. The number of hydrogen-bond acceptors (Lipinski definition) is 14. The van der Waals surface area contributed by atoms with E-state index in [1.807, 2.05) is 32.0 Å². The van der Waals surface area contributed by atoms with Crippen LogP contribution in [0.1, 0.15) is 31.8 Å². The van der Waals surface area contributed by atoms with Gasteiger partial charge in [-0.1, -0.05) is 29.3 Å². The van der Waals surface area contributed by atoms with Crippen molar-refractivity contribution in [2.75, 3.05) is 140 Å². The molecule has 0 bridgehead atoms. The first-order valence-corrected chi connectivity index (χ1v) is 17.0. The maximum atomic E-state index is 12.4. The zero-order chi connectivity index (χ0) is 37.2. The van der Waals surface area contributed by atoms with E-state index in [-0.39, 0.29) is 19.2 Å². The summed E-state index contributed by atoms with van der Waals surface area (Å²) < 4.78 is 62.7. The topological polar surface area (TPSA) is 145 Å². The van der Waals surface area contributed by atoms with Gasteiger partial charge in [-0.25, -0.2) is 9.59 Å². The summed E-state index contributed by atoms with van der Waals surface area (Å²) in [5.74, 6) is -0.317. The van der Waals surface area contributed by atoms with Crippen molar-refractivity contribution in [1.29, 1.82) is 0 Å². The van der Waals surface area contributed by atoms with Crippen LogP contribution in [0.5, 0.6) is 5.75 Å². The standard InChI is InChI=1S/C22H36O9.C15H22O5/c1-19-4-5-21(30-16-14-28-12-10-26-8-6-24-2)20(18-19)22(23)31-17-15-29-13-11-27-9-7-25-3;1-13-4-3-5-14(12-13)15(16)20-11-10-19-9-8-18-7-6-17-2/h4-5,18H,6-17H2,1-3H3;3-5,12H,6-11H2,1-2H3. The maximum Gasteiger partial charge on any atom is 0.342 e. The van der Waals surface area contributed by atoms with Gasteiger partial charge in [0, 0.05) is 21.3 Å². The summed E-state index contributed by atoms with van der Waals surface area (Å²) in [7, 11) is 4.88. The maximum absolute atomic E-state index is 12.4. The van der Waals surface area contributed by atoms with E-state index in [0.717, 1.165) is 11.1 Å². The molecule has 290 valence electrons. The number of carbonyl (C=O) groups is 2. The van der Waals surface area contributed by atoms with Gasteiger partial charge in [0.15, 0.2) is 0 Å². The smallest absolute Gasteiger partial charge is 0.342 e. The molecule has 51 heavy (non-hydrogen) atoms. The Balaban J connectivity index is 0.000000560. The molecule has 0 saturated heterocycles. The molecule has 0 aliphatic carbocycles. The van der Waals surface area contributed by atoms with Crippen LogP contribution in [0.4, 0.5) is 0 Å². The lowest BCUT2D eigenvalue weighted by molar-refractivity contribution is 0.00531. The summed E-state index contributed by atoms with van der Waals surface area (Å²) in [5.41, 5.74) is 2.91. The van der Waals surface area contributed by atoms with E-state index in [1.165, 1.54) is 0 Å². The van der Waals surface area contributed by atoms with Crippen molar-refractivity contribution >= 4 is 11.9 Å². The minimum atomic E-state index is -0.453. The molecule has 0 amide bonds. The van der Waals surface area contributed by atoms with Crippen molar-refractivity contribution in [3.63, 3.8) is 0 Å². The van der Waals surface area contributed by atoms with Crippen LogP contribution in [0.3, 0.4) is 0 Å². The molecule has 0 fully saturated rings. The number of carbonyl (C=O) groups excluding carboxylic acids is 2. The van der Waals surface area contributed by atoms with Gasteiger partial charge in [-0.05, 0) is 38.1 Å². The molecule has 0 aliphatic rings. The molecule has 0 spiro atoms. The third kappa shape index (κ3) is 25.4. The molecule has 0 radical (unpaired) electrons. The van der Waals surface area contributed by atoms with E-state index in [4.69, 9.17) is 56.8 Å². The molecule has 2 aromatic rings. The first-order chi connectivity index (χ1) is 24.9. The fourth-order valence-electron chi connectivity index (χ4n) is 3.85. The fourth-order valence-corrected chi connectivity index (χ4v) is 3.85. The zero-order valence-corrected chi connectivity index (χ0v) is 31.0. The Labute approximate surface area is 302 Å². The number of ether oxygens (including phenoxy) is 12. The van der Waals surface area contributed by atoms with Crippen molar-refractivity contribution in [3.8, 4) is 5.75 Å². The van der Waals surface area contributed by atoms with E-state index in [9.17, 15) is 9.59 Å². The average molecular weight is 727 g/mol. The van der Waals surface area contributed by atoms with Crippen LogP contribution in [0, 0.1) is 13.8 Å². The van der Waals surface area contributed by atoms with Gasteiger partial charge in [-0.15, -0.1) is 0 Å². The van der Waals surface area contributed by atoms with Crippen LogP contribution < -0.4 is 4.74 Å². The molecule has 0 aliphatic heterocycles. The van der Waals surface area contributed by atoms with Crippen LogP contribution in [0.2, 0.25) is 0 Å². The van der Waals surface area contributed by atoms with Gasteiger partial charge in [0.2, 0.25) is 0 Å². The highest BCUT2D eigenvalue weighted by Gasteiger charge is 2.15. The van der Waals surface area contributed by atoms with E-state index in [2.05, 4.69) is 0 Å². The number of methoxy groups -OCH3 is 3. The molecule has 0 saturated carbocycles. The second-order valence-electron chi connectivity index (χ2n) is 10.6. The third-order valence-corrected chi connectivity index (χ3v) is 6.43. The molecule has 0 N–H and O–H groups in total. The quantitative estimate of drug-likeness (QED) is 0.0852. The van der Waals surface area contributed by atoms with Crippen LogP contribution in [0.15, 0.2) is 42.5 Å². The Bertz CT molecular complexity index is 1150. The van der Waals surface area contributed by atoms with Crippen molar-refractivity contribution in [1.82, 2.24) is 0 Å². The molecule has 0 heterocycles. The zero-order valence-electron chi connectivity index (χ0n) is 31.0. The first-order valence-electron chi connectivity index (χ1n) is 17.0. The molecule has 0 aromatic heterocycles. The van der Waals surface area contributed by atoms with Gasteiger partial charge in [0.1, 0.15) is 31.1 Å². The predicted molar refractivity (Wildman–Crippen MR) is 189 cm³/mol. The summed E-state index contributed by atoms with van der Waals surface area (Å²) in [6.07, 6.45) is 0. The summed E-state index contributed by atoms with van der Waals surface area (Å²) in [4.78, 5) is 24.1. The SMILES string of the molecule is COCCOCCOCCOC(=O)c1cc(C)ccc1OCCOCCOCCOC.COCCOCCOCCOC(=O)c1cccc(C)c1. The van der Waals surface area contributed by atoms with Crippen LogP contribution in [-0.2, 0) is 52.1 Å². The molecular weight excluding hydrogens is 668 g/mol. The van der Waals surface area contributed by atoms with Gasteiger partial charge >= 0.3 is 11.9 Å². The highest BCUT2D eigenvalue weighted by Crippen LogP contribution is 2.21. The third-order valence-electron chi connectivity index (χ3n) is 6.43. The minimum Gasteiger partial charge on any atom is -0.490 e. The van der Waals surface area contributed by atoms with Gasteiger partial charge in [0.05, 0.1) is 105 Å². The van der Waals surface area contributed by atoms with Gasteiger partial charge in [-0.2, -0.15) is 0 Å². The van der Waals surface area contributed by atoms with E-state index < -0.39 is 5.97 Å². The van der Waals surface area contributed by atoms with E-state index in [1.54, 1.807) is 45.6 Å². The summed E-state index contributed by atoms with van der Waals surface area (Å²) in [6.45, 7) is 11.7. The highest BCUT2D eigenvalue weighted by molar-refractivity contribution is 5.92. The Morgan fingerprint density at radius 3 is 1.33 bits per heavy atom. The molecule has 2 rings (SSSR count). The average Bonchev–Trinajstić information content (AvgIpc) is 3.13. The lowest BCUT2D eigenvalue weighted by atomic mass is 10.1. The Morgan fingerprint density at radius 1 is 0.451 bits per heavy atom. The number of aryl methyl sites for hydroxylation is 2. The Hall–Kier alpha value is -3.18. The second-order valence-corrected chi connectivity index (χ2v) is 10.6. The predicted octanol–water partition coefficient (Wildman–Crippen LogP) is 3.72. The lowest BCUT2D eigenvalue weighted by Gasteiger charge is -2.13. The summed E-state index contributed by atoms with van der Waals surface area (Å²) >= 11 is 0. The number of benzene rings is 2. The molecular formula is C37H58O14. The minimum absolute atomic E-state index is 0.149. The summed E-state index contributed by atoms with van der Waals surface area (Å²) in [5, 5.41) is 0. The van der Waals surface area contributed by atoms with Gasteiger partial charge < -0.3 is 56.8 Å². The molecule has 14 nitrogen and oxygen atoms in total. The number of rotatable bonds is 30. The van der Waals surface area contributed by atoms with Crippen LogP contribution in [0.25, 0.3) is 0 Å². The highest BCUT2D eigenvalue weighted by atomic mass is 16.6. The van der Waals surface area contributed by atoms with Crippen molar-refractivity contribution in [3.05, 3.63) is 64.7 Å². The largest absolute Gasteiger partial charge is 0.490 e. The van der Waals surface area contributed by atoms with E-state index in [0.29, 0.717) is 123 Å². The lowest BCUT2D eigenvalue weighted by Crippen LogP contribution is -2.16. The van der Waals surface area contributed by atoms with Crippen LogP contribution >= 0.6 is 0 Å². The monoisotopic (exact) mass is 726 g/mol. The Kier molecular flexibility index (Phi) is 29.4. The Morgan fingerprint density at radius 2 is 0.863 bits per heavy atom. The first kappa shape index (κ1) is 45.8. The molecule has 0 unspecified atom stereocenters. The van der Waals surface area contributed by atoms with Crippen molar-refractivity contribution < 1.29 is 66.4 Å². The van der Waals surface area contributed by atoms with Crippen molar-refractivity contribution in [2.45, 2.75) is 13.8 Å². The molecule has 0 atom stereocenters. The number of hydrogen-bond donors (Lipinski definition) is 0. The molecule has 2 aromatic carbocycles. The van der Waals surface area contributed by atoms with Gasteiger partial charge in [-0.3, -0.25) is 0 Å². The normalized spacial score (nSPS) is 10.8.